The number of likely N-dealkylation sites (N-methyl/N-ethyl adjacent to an activating group) is 1. The van der Waals surface area contributed by atoms with E-state index in [0.717, 1.165) is 11.3 Å². The molecule has 0 radical (unpaired) electrons. The Labute approximate surface area is 84.0 Å². The number of nitrogens with zero attached hydrogens (tertiary/aromatic N) is 1. The van der Waals surface area contributed by atoms with E-state index in [1.165, 1.54) is 5.56 Å². The molecule has 0 aromatic heterocycles. The number of carboxylic acid groups (broad SMARTS) is 1. The maximum Gasteiger partial charge on any atom is 0.323 e. The average molecular weight is 193 g/mol. The first-order valence-electron chi connectivity index (χ1n) is 4.51. The number of hydrogen-bond acceptors (Lipinski definition) is 2. The van der Waals surface area contributed by atoms with Gasteiger partial charge in [0.05, 0.1) is 0 Å². The Hall–Kier alpha value is -1.51. The zero-order valence-electron chi connectivity index (χ0n) is 8.74. The molecule has 0 saturated carbocycles. The van der Waals surface area contributed by atoms with Crippen molar-refractivity contribution in [3.8, 4) is 0 Å². The highest BCUT2D eigenvalue weighted by Gasteiger charge is 2.08. The predicted octanol–water partition coefficient (Wildman–Crippen LogP) is 1.82. The lowest BCUT2D eigenvalue weighted by atomic mass is 10.1. The van der Waals surface area contributed by atoms with Crippen LogP contribution in [0.2, 0.25) is 0 Å². The van der Waals surface area contributed by atoms with Crippen LogP contribution in [0.15, 0.2) is 18.2 Å². The van der Waals surface area contributed by atoms with Crippen molar-refractivity contribution in [2.75, 3.05) is 18.5 Å². The van der Waals surface area contributed by atoms with E-state index >= 15 is 0 Å². The fourth-order valence-corrected chi connectivity index (χ4v) is 1.44. The van der Waals surface area contributed by atoms with Crippen LogP contribution in [0.5, 0.6) is 0 Å². The van der Waals surface area contributed by atoms with Gasteiger partial charge >= 0.3 is 5.97 Å². The Bertz CT molecular complexity index is 347. The van der Waals surface area contributed by atoms with Crippen LogP contribution in [-0.4, -0.2) is 24.7 Å². The Kier molecular flexibility index (Phi) is 3.12. The van der Waals surface area contributed by atoms with Crippen LogP contribution < -0.4 is 4.90 Å². The van der Waals surface area contributed by atoms with Crippen molar-refractivity contribution < 1.29 is 9.90 Å². The summed E-state index contributed by atoms with van der Waals surface area (Å²) in [6, 6.07) is 5.90. The van der Waals surface area contributed by atoms with Gasteiger partial charge in [0.1, 0.15) is 6.54 Å². The first-order valence-corrected chi connectivity index (χ1v) is 4.51. The van der Waals surface area contributed by atoms with Crippen molar-refractivity contribution in [1.29, 1.82) is 0 Å². The number of anilines is 1. The normalized spacial score (nSPS) is 9.93. The van der Waals surface area contributed by atoms with E-state index in [2.05, 4.69) is 0 Å². The molecule has 0 aliphatic heterocycles. The molecule has 1 rings (SSSR count). The number of hydrogen-bond donors (Lipinski definition) is 1. The lowest BCUT2D eigenvalue weighted by molar-refractivity contribution is -0.135. The van der Waals surface area contributed by atoms with Crippen LogP contribution in [0.1, 0.15) is 11.1 Å². The topological polar surface area (TPSA) is 40.5 Å². The zero-order chi connectivity index (χ0) is 10.7. The monoisotopic (exact) mass is 193 g/mol. The Morgan fingerprint density at radius 2 is 2.07 bits per heavy atom. The van der Waals surface area contributed by atoms with Crippen LogP contribution in [-0.2, 0) is 4.79 Å². The van der Waals surface area contributed by atoms with Crippen LogP contribution in [0.25, 0.3) is 0 Å². The molecule has 0 bridgehead atoms. The summed E-state index contributed by atoms with van der Waals surface area (Å²) in [5.41, 5.74) is 3.29. The van der Waals surface area contributed by atoms with Crippen molar-refractivity contribution in [2.45, 2.75) is 13.8 Å². The van der Waals surface area contributed by atoms with Gasteiger partial charge in [-0.3, -0.25) is 4.79 Å². The van der Waals surface area contributed by atoms with Crippen molar-refractivity contribution in [3.63, 3.8) is 0 Å². The molecule has 14 heavy (non-hydrogen) atoms. The third-order valence-electron chi connectivity index (χ3n) is 2.36. The summed E-state index contributed by atoms with van der Waals surface area (Å²) in [5, 5.41) is 8.66. The molecule has 0 heterocycles. The third-order valence-corrected chi connectivity index (χ3v) is 2.36. The molecule has 0 unspecified atom stereocenters. The van der Waals surface area contributed by atoms with Crippen molar-refractivity contribution in [2.24, 2.45) is 0 Å². The summed E-state index contributed by atoms with van der Waals surface area (Å²) in [7, 11) is 1.79. The third kappa shape index (κ3) is 2.25. The van der Waals surface area contributed by atoms with Crippen LogP contribution >= 0.6 is 0 Å². The van der Waals surface area contributed by atoms with E-state index in [1.807, 2.05) is 32.0 Å². The van der Waals surface area contributed by atoms with Crippen molar-refractivity contribution in [3.05, 3.63) is 29.3 Å². The van der Waals surface area contributed by atoms with Crippen LogP contribution in [0, 0.1) is 13.8 Å². The summed E-state index contributed by atoms with van der Waals surface area (Å²) < 4.78 is 0. The number of aryl methyl sites for hydroxylation is 1. The fourth-order valence-electron chi connectivity index (χ4n) is 1.44. The fraction of sp³-hybridized carbons (Fsp3) is 0.364. The van der Waals surface area contributed by atoms with Gasteiger partial charge in [0.15, 0.2) is 0 Å². The highest BCUT2D eigenvalue weighted by molar-refractivity contribution is 5.74. The largest absolute Gasteiger partial charge is 0.480 e. The van der Waals surface area contributed by atoms with E-state index < -0.39 is 5.97 Å². The maximum absolute atomic E-state index is 10.5. The van der Waals surface area contributed by atoms with Gasteiger partial charge in [0.25, 0.3) is 0 Å². The zero-order valence-corrected chi connectivity index (χ0v) is 8.74. The smallest absolute Gasteiger partial charge is 0.323 e. The number of rotatable bonds is 3. The molecule has 1 aromatic rings. The Morgan fingerprint density at radius 3 is 2.64 bits per heavy atom. The maximum atomic E-state index is 10.5. The molecule has 1 aromatic carbocycles. The standard InChI is InChI=1S/C11H15NO2/c1-8-5-4-6-10(9(8)2)12(3)7-11(13)14/h4-6H,7H2,1-3H3,(H,13,14). The minimum Gasteiger partial charge on any atom is -0.480 e. The van der Waals surface area contributed by atoms with Gasteiger partial charge in [-0.25, -0.2) is 0 Å². The van der Waals surface area contributed by atoms with Gasteiger partial charge in [-0.1, -0.05) is 12.1 Å². The number of benzene rings is 1. The highest BCUT2D eigenvalue weighted by Crippen LogP contribution is 2.21. The summed E-state index contributed by atoms with van der Waals surface area (Å²) in [6.45, 7) is 4.06. The molecule has 76 valence electrons. The second-order valence-corrected chi connectivity index (χ2v) is 3.47. The molecule has 3 nitrogen and oxygen atoms in total. The SMILES string of the molecule is Cc1cccc(N(C)CC(=O)O)c1C. The van der Waals surface area contributed by atoms with E-state index in [4.69, 9.17) is 5.11 Å². The average Bonchev–Trinajstić information content (AvgIpc) is 2.08. The van der Waals surface area contributed by atoms with E-state index in [9.17, 15) is 4.79 Å². The van der Waals surface area contributed by atoms with E-state index in [0.29, 0.717) is 0 Å². The number of carbonyl (C=O) groups is 1. The molecular weight excluding hydrogens is 178 g/mol. The van der Waals surface area contributed by atoms with E-state index in [-0.39, 0.29) is 6.54 Å². The van der Waals surface area contributed by atoms with Gasteiger partial charge in [-0.2, -0.15) is 0 Å². The second kappa shape index (κ2) is 4.13. The van der Waals surface area contributed by atoms with Crippen molar-refractivity contribution in [1.82, 2.24) is 0 Å². The Morgan fingerprint density at radius 1 is 1.43 bits per heavy atom. The summed E-state index contributed by atoms with van der Waals surface area (Å²) in [4.78, 5) is 12.3. The number of aliphatic carboxylic acids is 1. The lowest BCUT2D eigenvalue weighted by Crippen LogP contribution is -2.25. The Balaban J connectivity index is 2.95. The molecule has 0 atom stereocenters. The van der Waals surface area contributed by atoms with Gasteiger partial charge in [-0.05, 0) is 31.0 Å². The number of carboxylic acids is 1. The summed E-state index contributed by atoms with van der Waals surface area (Å²) in [5.74, 6) is -0.812. The minimum atomic E-state index is -0.812. The van der Waals surface area contributed by atoms with Crippen LogP contribution in [0.4, 0.5) is 5.69 Å². The van der Waals surface area contributed by atoms with Gasteiger partial charge < -0.3 is 10.0 Å². The molecule has 0 amide bonds. The molecule has 0 aliphatic carbocycles. The van der Waals surface area contributed by atoms with Gasteiger partial charge in [-0.15, -0.1) is 0 Å². The quantitative estimate of drug-likeness (QED) is 0.796. The lowest BCUT2D eigenvalue weighted by Gasteiger charge is -2.20. The predicted molar refractivity (Wildman–Crippen MR) is 56.8 cm³/mol. The molecular formula is C11H15NO2. The molecule has 0 fully saturated rings. The van der Waals surface area contributed by atoms with Crippen LogP contribution in [0.3, 0.4) is 0 Å². The molecule has 3 heteroatoms. The molecule has 1 N–H and O–H groups in total. The molecule has 0 aliphatic rings. The molecule has 0 saturated heterocycles. The van der Waals surface area contributed by atoms with Gasteiger partial charge in [0.2, 0.25) is 0 Å². The summed E-state index contributed by atoms with van der Waals surface area (Å²) >= 11 is 0. The minimum absolute atomic E-state index is 0.0320. The van der Waals surface area contributed by atoms with Gasteiger partial charge in [0, 0.05) is 12.7 Å². The summed E-state index contributed by atoms with van der Waals surface area (Å²) in [6.07, 6.45) is 0. The first kappa shape index (κ1) is 10.6. The highest BCUT2D eigenvalue weighted by atomic mass is 16.4. The van der Waals surface area contributed by atoms with E-state index in [1.54, 1.807) is 11.9 Å². The second-order valence-electron chi connectivity index (χ2n) is 3.47. The molecule has 0 spiro atoms. The first-order chi connectivity index (χ1) is 6.52. The van der Waals surface area contributed by atoms with Crippen molar-refractivity contribution >= 4 is 11.7 Å².